The van der Waals surface area contributed by atoms with Crippen LogP contribution in [-0.2, 0) is 11.3 Å². The maximum absolute atomic E-state index is 11.8. The fourth-order valence-electron chi connectivity index (χ4n) is 1.65. The maximum atomic E-state index is 11.8. The number of halogens is 1. The Balaban J connectivity index is 1.92. The van der Waals surface area contributed by atoms with Crippen molar-refractivity contribution < 1.29 is 4.79 Å². The van der Waals surface area contributed by atoms with E-state index >= 15 is 0 Å². The summed E-state index contributed by atoms with van der Waals surface area (Å²) in [5.41, 5.74) is 1.86. The normalized spacial score (nSPS) is 11.2. The first-order valence-electron chi connectivity index (χ1n) is 6.37. The second-order valence-corrected chi connectivity index (χ2v) is 6.05. The quantitative estimate of drug-likeness (QED) is 0.857. The van der Waals surface area contributed by atoms with Crippen LogP contribution >= 0.6 is 22.9 Å². The topological polar surface area (TPSA) is 45.2 Å². The molecule has 0 saturated heterocycles. The van der Waals surface area contributed by atoms with Gasteiger partial charge in [-0.1, -0.05) is 23.7 Å². The molecular formula is C15H16ClN3OS. The predicted octanol–water partition coefficient (Wildman–Crippen LogP) is 3.51. The Kier molecular flexibility index (Phi) is 5.50. The van der Waals surface area contributed by atoms with Crippen LogP contribution in [0.5, 0.6) is 0 Å². The molecule has 0 radical (unpaired) electrons. The average molecular weight is 322 g/mol. The van der Waals surface area contributed by atoms with Gasteiger partial charge in [-0.3, -0.25) is 10.1 Å². The molecule has 0 saturated carbocycles. The number of carbonyl (C=O) groups excluding carboxylic acids is 1. The molecule has 0 unspecified atom stereocenters. The van der Waals surface area contributed by atoms with Gasteiger partial charge in [0, 0.05) is 23.0 Å². The van der Waals surface area contributed by atoms with Gasteiger partial charge >= 0.3 is 0 Å². The first-order valence-corrected chi connectivity index (χ1v) is 7.62. The highest BCUT2D eigenvalue weighted by Crippen LogP contribution is 2.16. The third kappa shape index (κ3) is 5.30. The zero-order chi connectivity index (χ0) is 15.2. The number of hydrogen-bond donors (Lipinski definition) is 1. The zero-order valence-electron chi connectivity index (χ0n) is 11.8. The highest BCUT2D eigenvalue weighted by atomic mass is 35.5. The number of thiazole rings is 1. The van der Waals surface area contributed by atoms with Crippen LogP contribution in [0.3, 0.4) is 0 Å². The van der Waals surface area contributed by atoms with Gasteiger partial charge < -0.3 is 4.90 Å². The molecule has 0 spiro atoms. The molecule has 110 valence electrons. The molecule has 1 aromatic carbocycles. The summed E-state index contributed by atoms with van der Waals surface area (Å²) in [6.07, 6.45) is 3.22. The Morgan fingerprint density at radius 1 is 1.38 bits per heavy atom. The highest BCUT2D eigenvalue weighted by Gasteiger charge is 2.05. The van der Waals surface area contributed by atoms with E-state index in [2.05, 4.69) is 10.3 Å². The molecule has 1 heterocycles. The molecule has 0 aliphatic carbocycles. The van der Waals surface area contributed by atoms with E-state index in [0.717, 1.165) is 17.8 Å². The van der Waals surface area contributed by atoms with E-state index in [1.807, 2.05) is 36.5 Å². The van der Waals surface area contributed by atoms with E-state index in [0.29, 0.717) is 10.2 Å². The minimum Gasteiger partial charge on any atom is -0.304 e. The Labute approximate surface area is 133 Å². The minimum atomic E-state index is -0.198. The molecule has 0 aliphatic heterocycles. The lowest BCUT2D eigenvalue weighted by Crippen LogP contribution is -2.11. The molecular weight excluding hydrogens is 306 g/mol. The van der Waals surface area contributed by atoms with E-state index in [9.17, 15) is 4.79 Å². The van der Waals surface area contributed by atoms with Gasteiger partial charge in [-0.05, 0) is 37.9 Å². The van der Waals surface area contributed by atoms with Gasteiger partial charge in [0.05, 0.1) is 5.69 Å². The van der Waals surface area contributed by atoms with Crippen LogP contribution in [0.4, 0.5) is 5.13 Å². The summed E-state index contributed by atoms with van der Waals surface area (Å²) in [4.78, 5) is 18.2. The van der Waals surface area contributed by atoms with Crippen LogP contribution in [-0.4, -0.2) is 29.9 Å². The van der Waals surface area contributed by atoms with E-state index in [4.69, 9.17) is 11.6 Å². The molecule has 21 heavy (non-hydrogen) atoms. The van der Waals surface area contributed by atoms with E-state index in [1.165, 1.54) is 17.4 Å². The standard InChI is InChI=1S/C15H16ClN3OS/c1-19(2)9-13-10-21-15(17-13)18-14(20)8-5-11-3-6-12(16)7-4-11/h3-8,10H,9H2,1-2H3,(H,17,18,20)/b8-5+. The van der Waals surface area contributed by atoms with Crippen molar-refractivity contribution in [2.75, 3.05) is 19.4 Å². The summed E-state index contributed by atoms with van der Waals surface area (Å²) >= 11 is 7.23. The average Bonchev–Trinajstić information content (AvgIpc) is 2.84. The lowest BCUT2D eigenvalue weighted by Gasteiger charge is -2.05. The molecule has 0 bridgehead atoms. The van der Waals surface area contributed by atoms with Gasteiger partial charge in [-0.25, -0.2) is 4.98 Å². The van der Waals surface area contributed by atoms with E-state index in [-0.39, 0.29) is 5.91 Å². The summed E-state index contributed by atoms with van der Waals surface area (Å²) in [5.74, 6) is -0.198. The predicted molar refractivity (Wildman–Crippen MR) is 88.6 cm³/mol. The molecule has 2 aromatic rings. The van der Waals surface area contributed by atoms with Crippen molar-refractivity contribution >= 4 is 40.1 Å². The van der Waals surface area contributed by atoms with Crippen LogP contribution in [0.25, 0.3) is 6.08 Å². The van der Waals surface area contributed by atoms with Gasteiger partial charge in [0.15, 0.2) is 5.13 Å². The number of amides is 1. The van der Waals surface area contributed by atoms with Gasteiger partial charge in [-0.2, -0.15) is 0 Å². The van der Waals surface area contributed by atoms with E-state index < -0.39 is 0 Å². The molecule has 0 atom stereocenters. The Bertz CT molecular complexity index is 635. The van der Waals surface area contributed by atoms with Gasteiger partial charge in [-0.15, -0.1) is 11.3 Å². The Morgan fingerprint density at radius 3 is 2.76 bits per heavy atom. The zero-order valence-corrected chi connectivity index (χ0v) is 13.4. The smallest absolute Gasteiger partial charge is 0.250 e. The number of nitrogens with zero attached hydrogens (tertiary/aromatic N) is 2. The SMILES string of the molecule is CN(C)Cc1csc(NC(=O)/C=C/c2ccc(Cl)cc2)n1. The molecule has 2 rings (SSSR count). The largest absolute Gasteiger partial charge is 0.304 e. The first-order chi connectivity index (χ1) is 10.0. The van der Waals surface area contributed by atoms with Crippen molar-refractivity contribution in [1.82, 2.24) is 9.88 Å². The lowest BCUT2D eigenvalue weighted by molar-refractivity contribution is -0.111. The number of benzene rings is 1. The van der Waals surface area contributed by atoms with Crippen LogP contribution in [0.1, 0.15) is 11.3 Å². The Hall–Kier alpha value is -1.69. The van der Waals surface area contributed by atoms with Gasteiger partial charge in [0.25, 0.3) is 0 Å². The Morgan fingerprint density at radius 2 is 2.10 bits per heavy atom. The van der Waals surface area contributed by atoms with Crippen LogP contribution in [0.15, 0.2) is 35.7 Å². The van der Waals surface area contributed by atoms with Gasteiger partial charge in [0.2, 0.25) is 5.91 Å². The number of rotatable bonds is 5. The summed E-state index contributed by atoms with van der Waals surface area (Å²) in [6, 6.07) is 7.27. The lowest BCUT2D eigenvalue weighted by atomic mass is 10.2. The van der Waals surface area contributed by atoms with Crippen LogP contribution in [0, 0.1) is 0 Å². The van der Waals surface area contributed by atoms with Crippen LogP contribution in [0.2, 0.25) is 5.02 Å². The number of carbonyl (C=O) groups is 1. The van der Waals surface area contributed by atoms with E-state index in [1.54, 1.807) is 18.2 Å². The number of nitrogens with one attached hydrogen (secondary N) is 1. The molecule has 4 nitrogen and oxygen atoms in total. The van der Waals surface area contributed by atoms with Gasteiger partial charge in [0.1, 0.15) is 0 Å². The third-order valence-corrected chi connectivity index (χ3v) is 3.62. The van der Waals surface area contributed by atoms with Crippen LogP contribution < -0.4 is 5.32 Å². The second kappa shape index (κ2) is 7.36. The second-order valence-electron chi connectivity index (χ2n) is 4.76. The molecule has 0 fully saturated rings. The summed E-state index contributed by atoms with van der Waals surface area (Å²) < 4.78 is 0. The van der Waals surface area contributed by atoms with Crippen molar-refractivity contribution in [3.63, 3.8) is 0 Å². The number of hydrogen-bond acceptors (Lipinski definition) is 4. The van der Waals surface area contributed by atoms with Crippen molar-refractivity contribution in [2.45, 2.75) is 6.54 Å². The molecule has 0 aliphatic rings. The fourth-order valence-corrected chi connectivity index (χ4v) is 2.48. The third-order valence-electron chi connectivity index (χ3n) is 2.56. The summed E-state index contributed by atoms with van der Waals surface area (Å²) in [6.45, 7) is 0.757. The monoisotopic (exact) mass is 321 g/mol. The number of aromatic nitrogens is 1. The fraction of sp³-hybridized carbons (Fsp3) is 0.200. The van der Waals surface area contributed by atoms with Crippen molar-refractivity contribution in [3.05, 3.63) is 52.0 Å². The molecule has 1 amide bonds. The summed E-state index contributed by atoms with van der Waals surface area (Å²) in [5, 5.41) is 5.98. The molecule has 6 heteroatoms. The summed E-state index contributed by atoms with van der Waals surface area (Å²) in [7, 11) is 3.96. The minimum absolute atomic E-state index is 0.198. The van der Waals surface area contributed by atoms with Crippen molar-refractivity contribution in [2.24, 2.45) is 0 Å². The molecule has 1 aromatic heterocycles. The van der Waals surface area contributed by atoms with Crippen molar-refractivity contribution in [3.8, 4) is 0 Å². The first kappa shape index (κ1) is 15.7. The van der Waals surface area contributed by atoms with Crippen molar-refractivity contribution in [1.29, 1.82) is 0 Å². The highest BCUT2D eigenvalue weighted by molar-refractivity contribution is 7.13. The number of anilines is 1. The maximum Gasteiger partial charge on any atom is 0.250 e. The molecule has 1 N–H and O–H groups in total.